The Balaban J connectivity index is 1.88. The molecule has 1 N–H and O–H groups in total. The first-order valence-electron chi connectivity index (χ1n) is 13.5. The van der Waals surface area contributed by atoms with Crippen LogP contribution in [0.5, 0.6) is 5.75 Å². The molecule has 1 atom stereocenters. The zero-order chi connectivity index (χ0) is 30.5. The minimum absolute atomic E-state index is 0.0294. The second-order valence-electron chi connectivity index (χ2n) is 11.1. The van der Waals surface area contributed by atoms with Crippen molar-refractivity contribution in [2.75, 3.05) is 12.0 Å². The van der Waals surface area contributed by atoms with E-state index in [-0.39, 0.29) is 23.0 Å². The molecular weight excluding hydrogens is 587 g/mol. The first-order valence-corrected chi connectivity index (χ1v) is 15.1. The lowest BCUT2D eigenvalue weighted by atomic mass is 9.54. The maximum absolute atomic E-state index is 14.5. The summed E-state index contributed by atoms with van der Waals surface area (Å²) in [5.74, 6) is 0.666. The molecule has 7 nitrogen and oxygen atoms in total. The van der Waals surface area contributed by atoms with Gasteiger partial charge >= 0.3 is 6.03 Å². The van der Waals surface area contributed by atoms with Crippen molar-refractivity contribution in [3.8, 4) is 5.75 Å². The molecule has 4 rings (SSSR count). The van der Waals surface area contributed by atoms with Gasteiger partial charge in [0.25, 0.3) is 0 Å². The monoisotopic (exact) mass is 622 g/mol. The van der Waals surface area contributed by atoms with Crippen LogP contribution in [0.25, 0.3) is 0 Å². The van der Waals surface area contributed by atoms with Crippen LogP contribution in [0, 0.1) is 5.41 Å². The highest BCUT2D eigenvalue weighted by Gasteiger charge is 2.59. The Morgan fingerprint density at radius 1 is 0.905 bits per heavy atom. The van der Waals surface area contributed by atoms with Crippen molar-refractivity contribution in [3.05, 3.63) is 118 Å². The van der Waals surface area contributed by atoms with Crippen molar-refractivity contribution in [3.63, 3.8) is 0 Å². The van der Waals surface area contributed by atoms with Crippen molar-refractivity contribution in [1.29, 1.82) is 0 Å². The molecule has 42 heavy (non-hydrogen) atoms. The highest BCUT2D eigenvalue weighted by molar-refractivity contribution is 6.32. The van der Waals surface area contributed by atoms with Gasteiger partial charge in [0.15, 0.2) is 0 Å². The van der Waals surface area contributed by atoms with Gasteiger partial charge in [0.05, 0.1) is 19.1 Å². The summed E-state index contributed by atoms with van der Waals surface area (Å²) in [5, 5.41) is 3.52. The molecule has 0 fully saturated rings. The standard InChI is InChI=1S/C32H36Cl2N4O3Si/c1-30(2,3)32(23-12-8-6-9-13-23,24-14-10-7-11-15-24)31(4,41-42)37-29(39)38(25-16-18-26(40-5)19-17-25)21-22-20-35-28(34)36-27(22)33/h6-20H,21H2,1-5,42H3,(H,37,39). The molecule has 2 amide bonds. The van der Waals surface area contributed by atoms with Gasteiger partial charge in [-0.3, -0.25) is 4.90 Å². The lowest BCUT2D eigenvalue weighted by Gasteiger charge is -2.56. The zero-order valence-electron chi connectivity index (χ0n) is 24.7. The number of ether oxygens (including phenoxy) is 1. The van der Waals surface area contributed by atoms with Gasteiger partial charge in [0.1, 0.15) is 27.1 Å². The molecule has 3 aromatic carbocycles. The predicted molar refractivity (Wildman–Crippen MR) is 172 cm³/mol. The highest BCUT2D eigenvalue weighted by atomic mass is 35.5. The van der Waals surface area contributed by atoms with Crippen molar-refractivity contribution in [2.45, 2.75) is 45.4 Å². The normalized spacial score (nSPS) is 13.3. The number of aromatic nitrogens is 2. The van der Waals surface area contributed by atoms with Crippen LogP contribution in [0.1, 0.15) is 44.4 Å². The van der Waals surface area contributed by atoms with Gasteiger partial charge in [-0.1, -0.05) is 93.0 Å². The smallest absolute Gasteiger partial charge is 0.324 e. The van der Waals surface area contributed by atoms with Crippen LogP contribution in [-0.4, -0.2) is 39.3 Å². The van der Waals surface area contributed by atoms with Gasteiger partial charge in [-0.05, 0) is 59.3 Å². The summed E-state index contributed by atoms with van der Waals surface area (Å²) in [7, 11) is 1.95. The van der Waals surface area contributed by atoms with E-state index in [4.69, 9.17) is 32.4 Å². The average Bonchev–Trinajstić information content (AvgIpc) is 2.97. The number of halogens is 2. The minimum Gasteiger partial charge on any atom is -0.497 e. The van der Waals surface area contributed by atoms with Gasteiger partial charge in [-0.2, -0.15) is 0 Å². The van der Waals surface area contributed by atoms with Crippen molar-refractivity contribution < 1.29 is 14.0 Å². The number of nitrogens with zero attached hydrogens (tertiary/aromatic N) is 3. The lowest BCUT2D eigenvalue weighted by molar-refractivity contribution is -0.0440. The summed E-state index contributed by atoms with van der Waals surface area (Å²) in [4.78, 5) is 24.2. The number of benzene rings is 3. The molecular formula is C32H36Cl2N4O3Si. The largest absolute Gasteiger partial charge is 0.497 e. The number of methoxy groups -OCH3 is 1. The number of anilines is 1. The summed E-state index contributed by atoms with van der Waals surface area (Å²) in [6.07, 6.45) is 1.53. The summed E-state index contributed by atoms with van der Waals surface area (Å²) < 4.78 is 11.9. The number of carbonyl (C=O) groups excluding carboxylic acids is 1. The maximum atomic E-state index is 14.5. The number of rotatable bonds is 9. The summed E-state index contributed by atoms with van der Waals surface area (Å²) in [6, 6.07) is 27.2. The third-order valence-electron chi connectivity index (χ3n) is 7.75. The van der Waals surface area contributed by atoms with E-state index < -0.39 is 16.6 Å². The number of nitrogens with one attached hydrogen (secondary N) is 1. The first kappa shape index (κ1) is 31.5. The third-order valence-corrected chi connectivity index (χ3v) is 9.07. The molecule has 0 aliphatic carbocycles. The van der Waals surface area contributed by atoms with E-state index >= 15 is 0 Å². The highest BCUT2D eigenvalue weighted by Crippen LogP contribution is 2.54. The SMILES string of the molecule is COc1ccc(N(Cc2cnc(Cl)nc2Cl)C(=O)NC(C)(O[SiH3])C(c2ccccc2)(c2ccccc2)C(C)(C)C)cc1. The maximum Gasteiger partial charge on any atom is 0.324 e. The third kappa shape index (κ3) is 6.03. The Morgan fingerprint density at radius 2 is 1.45 bits per heavy atom. The number of carbonyl (C=O) groups is 1. The minimum atomic E-state index is -1.18. The van der Waals surface area contributed by atoms with Gasteiger partial charge in [0.2, 0.25) is 5.28 Å². The molecule has 220 valence electrons. The summed E-state index contributed by atoms with van der Waals surface area (Å²) in [6.45, 7) is 8.55. The topological polar surface area (TPSA) is 76.6 Å². The Bertz CT molecular complexity index is 1460. The molecule has 0 spiro atoms. The van der Waals surface area contributed by atoms with Crippen molar-refractivity contribution in [1.82, 2.24) is 15.3 Å². The molecule has 0 saturated heterocycles. The number of amides is 2. The fourth-order valence-corrected chi connectivity index (χ4v) is 6.70. The first-order chi connectivity index (χ1) is 20.0. The number of urea groups is 1. The fraction of sp³-hybridized carbons (Fsp3) is 0.281. The van der Waals surface area contributed by atoms with Crippen LogP contribution in [-0.2, 0) is 16.4 Å². The molecule has 4 aromatic rings. The quantitative estimate of drug-likeness (QED) is 0.0991. The predicted octanol–water partition coefficient (Wildman–Crippen LogP) is 6.55. The molecule has 0 radical (unpaired) electrons. The number of hydrogen-bond donors (Lipinski definition) is 1. The van der Waals surface area contributed by atoms with E-state index in [2.05, 4.69) is 60.3 Å². The zero-order valence-corrected chi connectivity index (χ0v) is 28.2. The molecule has 10 heteroatoms. The molecule has 0 aliphatic rings. The Kier molecular flexibility index (Phi) is 9.62. The molecule has 1 unspecified atom stereocenters. The van der Waals surface area contributed by atoms with Gasteiger partial charge in [0, 0.05) is 17.4 Å². The van der Waals surface area contributed by atoms with Crippen molar-refractivity contribution in [2.24, 2.45) is 5.41 Å². The van der Waals surface area contributed by atoms with Gasteiger partial charge in [-0.15, -0.1) is 0 Å². The second-order valence-corrected chi connectivity index (χ2v) is 12.2. The van der Waals surface area contributed by atoms with E-state index in [0.717, 1.165) is 11.1 Å². The lowest BCUT2D eigenvalue weighted by Crippen LogP contribution is -2.68. The summed E-state index contributed by atoms with van der Waals surface area (Å²) in [5.41, 5.74) is 0.805. The average molecular weight is 624 g/mol. The molecule has 1 aromatic heterocycles. The van der Waals surface area contributed by atoms with E-state index in [1.54, 1.807) is 24.1 Å². The van der Waals surface area contributed by atoms with Crippen molar-refractivity contribution >= 4 is 45.4 Å². The molecule has 0 saturated carbocycles. The summed E-state index contributed by atoms with van der Waals surface area (Å²) >= 11 is 12.4. The van der Waals surface area contributed by atoms with Crippen LogP contribution in [0.3, 0.4) is 0 Å². The van der Waals surface area contributed by atoms with Crippen LogP contribution in [0.15, 0.2) is 91.1 Å². The van der Waals surface area contributed by atoms with Gasteiger partial charge in [-0.25, -0.2) is 14.8 Å². The Labute approximate surface area is 260 Å². The molecule has 0 aliphatic heterocycles. The van der Waals surface area contributed by atoms with Crippen LogP contribution in [0.4, 0.5) is 10.5 Å². The van der Waals surface area contributed by atoms with Crippen LogP contribution in [0.2, 0.25) is 10.4 Å². The molecule has 0 bridgehead atoms. The van der Waals surface area contributed by atoms with Crippen LogP contribution >= 0.6 is 23.2 Å². The fourth-order valence-electron chi connectivity index (χ4n) is 5.93. The van der Waals surface area contributed by atoms with E-state index in [0.29, 0.717) is 27.5 Å². The Hall–Kier alpha value is -3.43. The van der Waals surface area contributed by atoms with Gasteiger partial charge < -0.3 is 14.5 Å². The molecule has 1 heterocycles. The second kappa shape index (κ2) is 12.8. The van der Waals surface area contributed by atoms with Crippen LogP contribution < -0.4 is 15.0 Å². The Morgan fingerprint density at radius 3 is 1.90 bits per heavy atom. The van der Waals surface area contributed by atoms with E-state index in [9.17, 15) is 4.79 Å². The van der Waals surface area contributed by atoms with E-state index in [1.807, 2.05) is 55.5 Å². The number of hydrogen-bond acceptors (Lipinski definition) is 5. The van der Waals surface area contributed by atoms with E-state index in [1.165, 1.54) is 6.20 Å².